The van der Waals surface area contributed by atoms with Crippen LogP contribution in [0, 0.1) is 5.41 Å². The summed E-state index contributed by atoms with van der Waals surface area (Å²) in [6.45, 7) is 0.280. The number of hydrogen-bond donors (Lipinski definition) is 0. The second-order valence-corrected chi connectivity index (χ2v) is 4.14. The molecule has 84 valence electrons. The van der Waals surface area contributed by atoms with E-state index >= 15 is 0 Å². The van der Waals surface area contributed by atoms with Crippen molar-refractivity contribution in [3.63, 3.8) is 0 Å². The first kappa shape index (κ1) is 11.9. The summed E-state index contributed by atoms with van der Waals surface area (Å²) in [5.41, 5.74) is -0.153. The van der Waals surface area contributed by atoms with Crippen molar-refractivity contribution in [2.45, 2.75) is 12.8 Å². The van der Waals surface area contributed by atoms with E-state index in [0.717, 1.165) is 6.29 Å². The van der Waals surface area contributed by atoms with Crippen molar-refractivity contribution in [2.24, 2.45) is 5.41 Å². The molecule has 4 nitrogen and oxygen atoms in total. The lowest BCUT2D eigenvalue weighted by Gasteiger charge is -2.23. The first-order valence-corrected chi connectivity index (χ1v) is 4.93. The highest BCUT2D eigenvalue weighted by Crippen LogP contribution is 2.39. The molecular weight excluding hydrogens is 194 g/mol. The largest absolute Gasteiger partial charge is 0.383 e. The van der Waals surface area contributed by atoms with Gasteiger partial charge in [-0.2, -0.15) is 0 Å². The molecule has 0 aromatic rings. The molecule has 0 bridgehead atoms. The van der Waals surface area contributed by atoms with Gasteiger partial charge in [-0.1, -0.05) is 0 Å². The molecule has 1 saturated carbocycles. The van der Waals surface area contributed by atoms with Gasteiger partial charge in [0.25, 0.3) is 0 Å². The average Bonchev–Trinajstić information content (AvgIpc) is 2.47. The van der Waals surface area contributed by atoms with E-state index in [2.05, 4.69) is 0 Å². The number of ketones is 1. The van der Waals surface area contributed by atoms with Gasteiger partial charge in [0, 0.05) is 39.4 Å². The fourth-order valence-electron chi connectivity index (χ4n) is 1.91. The number of methoxy groups -OCH3 is 1. The van der Waals surface area contributed by atoms with Crippen LogP contribution in [-0.2, 0) is 14.3 Å². The van der Waals surface area contributed by atoms with Gasteiger partial charge in [0.15, 0.2) is 5.78 Å². The van der Waals surface area contributed by atoms with Crippen molar-refractivity contribution in [2.75, 3.05) is 27.8 Å². The number of carbonyl (C=O) groups excluding carboxylic acids is 2. The van der Waals surface area contributed by atoms with Gasteiger partial charge in [-0.15, -0.1) is 0 Å². The highest BCUT2D eigenvalue weighted by molar-refractivity contribution is 6.03. The van der Waals surface area contributed by atoms with E-state index < -0.39 is 5.41 Å². The third kappa shape index (κ3) is 2.26. The van der Waals surface area contributed by atoms with Crippen molar-refractivity contribution >= 4 is 12.1 Å². The van der Waals surface area contributed by atoms with Gasteiger partial charge in [0.2, 0.25) is 0 Å². The Hall–Kier alpha value is -1.16. The molecule has 0 saturated heterocycles. The summed E-state index contributed by atoms with van der Waals surface area (Å²) in [4.78, 5) is 24.6. The zero-order valence-corrected chi connectivity index (χ0v) is 9.45. The zero-order chi connectivity index (χ0) is 11.5. The van der Waals surface area contributed by atoms with E-state index in [1.807, 2.05) is 14.1 Å². The minimum Gasteiger partial charge on any atom is -0.383 e. The summed E-state index contributed by atoms with van der Waals surface area (Å²) in [5.74, 6) is 0.0489. The maximum Gasteiger partial charge on any atom is 0.161 e. The normalized spacial score (nSPS) is 28.5. The first-order chi connectivity index (χ1) is 7.05. The number of ether oxygens (including phenoxy) is 1. The van der Waals surface area contributed by atoms with E-state index in [0.29, 0.717) is 18.4 Å². The lowest BCUT2D eigenvalue weighted by molar-refractivity contribution is -0.118. The fraction of sp³-hybridized carbons (Fsp3) is 0.636. The summed E-state index contributed by atoms with van der Waals surface area (Å²) in [7, 11) is 5.21. The van der Waals surface area contributed by atoms with Crippen molar-refractivity contribution in [3.8, 4) is 0 Å². The SMILES string of the molecule is COCC1(C=O)CCC(=O)/C1=C\N(C)C. The molecule has 0 heterocycles. The predicted octanol–water partition coefficient (Wildman–Crippen LogP) is 0.627. The Morgan fingerprint density at radius 1 is 1.53 bits per heavy atom. The van der Waals surface area contributed by atoms with Gasteiger partial charge in [0.1, 0.15) is 6.29 Å². The Labute approximate surface area is 89.9 Å². The molecule has 0 N–H and O–H groups in total. The van der Waals surface area contributed by atoms with Crippen LogP contribution >= 0.6 is 0 Å². The molecule has 4 heteroatoms. The van der Waals surface area contributed by atoms with Crippen LogP contribution in [0.4, 0.5) is 0 Å². The second-order valence-electron chi connectivity index (χ2n) is 4.14. The highest BCUT2D eigenvalue weighted by atomic mass is 16.5. The van der Waals surface area contributed by atoms with Crippen LogP contribution in [0.5, 0.6) is 0 Å². The van der Waals surface area contributed by atoms with Crippen LogP contribution in [0.2, 0.25) is 0 Å². The zero-order valence-electron chi connectivity index (χ0n) is 9.45. The van der Waals surface area contributed by atoms with E-state index in [9.17, 15) is 9.59 Å². The number of hydrogen-bond acceptors (Lipinski definition) is 4. The molecule has 1 aliphatic rings. The summed E-state index contributed by atoms with van der Waals surface area (Å²) >= 11 is 0. The van der Waals surface area contributed by atoms with Gasteiger partial charge in [-0.3, -0.25) is 4.79 Å². The van der Waals surface area contributed by atoms with Crippen LogP contribution in [0.1, 0.15) is 12.8 Å². The Bertz CT molecular complexity index is 296. The maximum atomic E-state index is 11.6. The maximum absolute atomic E-state index is 11.6. The molecule has 1 atom stereocenters. The number of carbonyl (C=O) groups is 2. The van der Waals surface area contributed by atoms with Gasteiger partial charge in [-0.05, 0) is 6.42 Å². The summed E-state index contributed by atoms with van der Waals surface area (Å²) in [6.07, 6.45) is 3.56. The van der Waals surface area contributed by atoms with Crippen LogP contribution in [0.15, 0.2) is 11.8 Å². The van der Waals surface area contributed by atoms with Crippen LogP contribution in [0.3, 0.4) is 0 Å². The minimum absolute atomic E-state index is 0.0489. The average molecular weight is 211 g/mol. The van der Waals surface area contributed by atoms with Crippen molar-refractivity contribution in [1.82, 2.24) is 4.90 Å². The van der Waals surface area contributed by atoms with E-state index in [1.165, 1.54) is 0 Å². The molecular formula is C11H17NO3. The first-order valence-electron chi connectivity index (χ1n) is 4.93. The topological polar surface area (TPSA) is 46.6 Å². The quantitative estimate of drug-likeness (QED) is 0.505. The van der Waals surface area contributed by atoms with E-state index in [-0.39, 0.29) is 12.4 Å². The van der Waals surface area contributed by atoms with Crippen LogP contribution in [-0.4, -0.2) is 44.8 Å². The predicted molar refractivity (Wildman–Crippen MR) is 56.4 cm³/mol. The Kier molecular flexibility index (Phi) is 3.63. The summed E-state index contributed by atoms with van der Waals surface area (Å²) < 4.78 is 5.04. The molecule has 0 aliphatic heterocycles. The van der Waals surface area contributed by atoms with Gasteiger partial charge >= 0.3 is 0 Å². The van der Waals surface area contributed by atoms with E-state index in [1.54, 1.807) is 18.2 Å². The Morgan fingerprint density at radius 2 is 2.20 bits per heavy atom. The molecule has 1 aliphatic carbocycles. The number of rotatable bonds is 4. The van der Waals surface area contributed by atoms with E-state index in [4.69, 9.17) is 4.74 Å². The smallest absolute Gasteiger partial charge is 0.161 e. The molecule has 1 fully saturated rings. The molecule has 0 radical (unpaired) electrons. The third-order valence-electron chi connectivity index (χ3n) is 2.65. The van der Waals surface area contributed by atoms with Crippen LogP contribution in [0.25, 0.3) is 0 Å². The minimum atomic E-state index is -0.726. The molecule has 15 heavy (non-hydrogen) atoms. The van der Waals surface area contributed by atoms with Gasteiger partial charge < -0.3 is 14.4 Å². The van der Waals surface area contributed by atoms with Gasteiger partial charge in [-0.25, -0.2) is 0 Å². The van der Waals surface area contributed by atoms with Crippen molar-refractivity contribution < 1.29 is 14.3 Å². The second kappa shape index (κ2) is 4.57. The molecule has 1 unspecified atom stereocenters. The number of nitrogens with zero attached hydrogens (tertiary/aromatic N) is 1. The van der Waals surface area contributed by atoms with Crippen LogP contribution < -0.4 is 0 Å². The highest BCUT2D eigenvalue weighted by Gasteiger charge is 2.43. The lowest BCUT2D eigenvalue weighted by atomic mass is 9.85. The fourth-order valence-corrected chi connectivity index (χ4v) is 1.91. The number of Topliss-reactive ketones (excluding diaryl/α,β-unsaturated/α-hetero) is 1. The molecule has 0 aromatic carbocycles. The Morgan fingerprint density at radius 3 is 2.67 bits per heavy atom. The molecule has 0 aromatic heterocycles. The Balaban J connectivity index is 3.06. The van der Waals surface area contributed by atoms with Crippen molar-refractivity contribution in [1.29, 1.82) is 0 Å². The summed E-state index contributed by atoms with van der Waals surface area (Å²) in [5, 5.41) is 0. The number of aldehydes is 1. The van der Waals surface area contributed by atoms with Gasteiger partial charge in [0.05, 0.1) is 12.0 Å². The summed E-state index contributed by atoms with van der Waals surface area (Å²) in [6, 6.07) is 0. The molecule has 0 amide bonds. The van der Waals surface area contributed by atoms with Crippen molar-refractivity contribution in [3.05, 3.63) is 11.8 Å². The lowest BCUT2D eigenvalue weighted by Crippen LogP contribution is -2.29. The molecule has 0 spiro atoms. The monoisotopic (exact) mass is 211 g/mol. The third-order valence-corrected chi connectivity index (χ3v) is 2.65. The standard InChI is InChI=1S/C11H17NO3/c1-12(2)6-9-10(14)4-5-11(9,7-13)8-15-3/h6-7H,4-5,8H2,1-3H3/b9-6+. The molecule has 1 rings (SSSR count).